The first-order chi connectivity index (χ1) is 9.67. The molecule has 21 heavy (non-hydrogen) atoms. The quantitative estimate of drug-likeness (QED) is 0.429. The van der Waals surface area contributed by atoms with E-state index in [4.69, 9.17) is 0 Å². The molecule has 1 heterocycles. The molecule has 0 aromatic heterocycles. The Labute approximate surface area is 147 Å². The predicted molar refractivity (Wildman–Crippen MR) is 102 cm³/mol. The molecule has 3 unspecified atom stereocenters. The predicted octanol–water partition coefficient (Wildman–Crippen LogP) is 2.69. The number of nitrogens with zero attached hydrogens (tertiary/aromatic N) is 2. The Kier molecular flexibility index (Phi) is 8.94. The second kappa shape index (κ2) is 9.87. The SMILES string of the molecule is CN=C(NCC1CCCN(C)C1)NC1CCCC(C)C1.I. The van der Waals surface area contributed by atoms with E-state index in [1.165, 1.54) is 51.6 Å². The van der Waals surface area contributed by atoms with Gasteiger partial charge in [-0.3, -0.25) is 4.99 Å². The lowest BCUT2D eigenvalue weighted by Crippen LogP contribution is -2.47. The molecule has 2 N–H and O–H groups in total. The van der Waals surface area contributed by atoms with E-state index in [0.29, 0.717) is 6.04 Å². The number of hydrogen-bond acceptors (Lipinski definition) is 2. The summed E-state index contributed by atoms with van der Waals surface area (Å²) < 4.78 is 0. The molecule has 5 heteroatoms. The molecule has 0 aromatic carbocycles. The molecular formula is C16H33IN4. The Hall–Kier alpha value is -0.0400. The molecular weight excluding hydrogens is 375 g/mol. The summed E-state index contributed by atoms with van der Waals surface area (Å²) >= 11 is 0. The third-order valence-corrected chi connectivity index (χ3v) is 4.78. The highest BCUT2D eigenvalue weighted by molar-refractivity contribution is 14.0. The summed E-state index contributed by atoms with van der Waals surface area (Å²) in [5.41, 5.74) is 0. The van der Waals surface area contributed by atoms with E-state index < -0.39 is 0 Å². The van der Waals surface area contributed by atoms with E-state index in [-0.39, 0.29) is 24.0 Å². The third-order valence-electron chi connectivity index (χ3n) is 4.78. The van der Waals surface area contributed by atoms with Gasteiger partial charge in [-0.25, -0.2) is 0 Å². The van der Waals surface area contributed by atoms with Gasteiger partial charge in [-0.2, -0.15) is 0 Å². The molecule has 4 nitrogen and oxygen atoms in total. The highest BCUT2D eigenvalue weighted by atomic mass is 127. The molecule has 1 saturated heterocycles. The largest absolute Gasteiger partial charge is 0.356 e. The lowest BCUT2D eigenvalue weighted by molar-refractivity contribution is 0.210. The minimum absolute atomic E-state index is 0. The Morgan fingerprint density at radius 3 is 2.71 bits per heavy atom. The molecule has 1 aliphatic heterocycles. The number of halogens is 1. The van der Waals surface area contributed by atoms with Gasteiger partial charge in [-0.15, -0.1) is 24.0 Å². The first kappa shape index (κ1) is 19.0. The molecule has 0 radical (unpaired) electrons. The maximum absolute atomic E-state index is 4.39. The zero-order valence-electron chi connectivity index (χ0n) is 13.9. The fraction of sp³-hybridized carbons (Fsp3) is 0.938. The molecule has 0 amide bonds. The molecule has 2 aliphatic rings. The number of guanidine groups is 1. The zero-order valence-corrected chi connectivity index (χ0v) is 16.2. The normalized spacial score (nSPS) is 31.4. The van der Waals surface area contributed by atoms with Gasteiger partial charge in [0.2, 0.25) is 0 Å². The van der Waals surface area contributed by atoms with Crippen LogP contribution in [0.2, 0.25) is 0 Å². The number of likely N-dealkylation sites (tertiary alicyclic amines) is 1. The van der Waals surface area contributed by atoms with Crippen LogP contribution >= 0.6 is 24.0 Å². The summed E-state index contributed by atoms with van der Waals surface area (Å²) in [6.07, 6.45) is 7.98. The smallest absolute Gasteiger partial charge is 0.191 e. The van der Waals surface area contributed by atoms with Gasteiger partial charge in [0.25, 0.3) is 0 Å². The maximum Gasteiger partial charge on any atom is 0.191 e. The molecule has 3 atom stereocenters. The van der Waals surface area contributed by atoms with Crippen LogP contribution in [0.25, 0.3) is 0 Å². The van der Waals surface area contributed by atoms with E-state index in [1.807, 2.05) is 7.05 Å². The van der Waals surface area contributed by atoms with Crippen LogP contribution in [0.15, 0.2) is 4.99 Å². The zero-order chi connectivity index (χ0) is 14.4. The molecule has 1 saturated carbocycles. The van der Waals surface area contributed by atoms with Crippen molar-refractivity contribution in [3.8, 4) is 0 Å². The van der Waals surface area contributed by atoms with Gasteiger partial charge in [0.05, 0.1) is 0 Å². The lowest BCUT2D eigenvalue weighted by Gasteiger charge is -2.31. The van der Waals surface area contributed by atoms with E-state index in [0.717, 1.165) is 24.3 Å². The van der Waals surface area contributed by atoms with Gasteiger partial charge in [0, 0.05) is 26.2 Å². The number of hydrogen-bond donors (Lipinski definition) is 2. The van der Waals surface area contributed by atoms with Crippen molar-refractivity contribution < 1.29 is 0 Å². The lowest BCUT2D eigenvalue weighted by atomic mass is 9.87. The Morgan fingerprint density at radius 1 is 1.24 bits per heavy atom. The molecule has 0 aromatic rings. The van der Waals surface area contributed by atoms with Crippen molar-refractivity contribution in [2.75, 3.05) is 33.7 Å². The van der Waals surface area contributed by atoms with Crippen molar-refractivity contribution in [2.24, 2.45) is 16.8 Å². The van der Waals surface area contributed by atoms with Crippen LogP contribution in [0.1, 0.15) is 45.4 Å². The highest BCUT2D eigenvalue weighted by Crippen LogP contribution is 2.23. The highest BCUT2D eigenvalue weighted by Gasteiger charge is 2.21. The average Bonchev–Trinajstić information content (AvgIpc) is 2.43. The van der Waals surface area contributed by atoms with Gasteiger partial charge in [-0.1, -0.05) is 19.8 Å². The van der Waals surface area contributed by atoms with Crippen LogP contribution in [0.4, 0.5) is 0 Å². The Bertz CT molecular complexity index is 321. The maximum atomic E-state index is 4.39. The minimum atomic E-state index is 0. The van der Waals surface area contributed by atoms with Crippen molar-refractivity contribution in [1.29, 1.82) is 0 Å². The van der Waals surface area contributed by atoms with Crippen LogP contribution in [0.3, 0.4) is 0 Å². The van der Waals surface area contributed by atoms with Crippen molar-refractivity contribution in [1.82, 2.24) is 15.5 Å². The van der Waals surface area contributed by atoms with Crippen molar-refractivity contribution in [3.63, 3.8) is 0 Å². The number of nitrogens with one attached hydrogen (secondary N) is 2. The van der Waals surface area contributed by atoms with E-state index in [9.17, 15) is 0 Å². The first-order valence-corrected chi connectivity index (χ1v) is 8.33. The standard InChI is InChI=1S/C16H32N4.HI/c1-13-6-4-8-15(10-13)19-16(17-2)18-11-14-7-5-9-20(3)12-14;/h13-15H,4-12H2,1-3H3,(H2,17,18,19);1H. The summed E-state index contributed by atoms with van der Waals surface area (Å²) in [4.78, 5) is 6.83. The Morgan fingerprint density at radius 2 is 2.05 bits per heavy atom. The molecule has 124 valence electrons. The molecule has 0 bridgehead atoms. The summed E-state index contributed by atoms with van der Waals surface area (Å²) in [5, 5.41) is 7.15. The second-order valence-corrected chi connectivity index (χ2v) is 6.84. The number of piperidine rings is 1. The third kappa shape index (κ3) is 6.72. The number of rotatable bonds is 3. The van der Waals surface area contributed by atoms with Gasteiger partial charge < -0.3 is 15.5 Å². The van der Waals surface area contributed by atoms with Gasteiger partial charge in [0.15, 0.2) is 5.96 Å². The van der Waals surface area contributed by atoms with E-state index in [1.54, 1.807) is 0 Å². The van der Waals surface area contributed by atoms with Crippen LogP contribution in [-0.4, -0.2) is 50.6 Å². The topological polar surface area (TPSA) is 39.7 Å². The van der Waals surface area contributed by atoms with E-state index >= 15 is 0 Å². The fourth-order valence-electron chi connectivity index (χ4n) is 3.63. The molecule has 1 aliphatic carbocycles. The monoisotopic (exact) mass is 408 g/mol. The van der Waals surface area contributed by atoms with Crippen LogP contribution in [0, 0.1) is 11.8 Å². The average molecular weight is 408 g/mol. The first-order valence-electron chi connectivity index (χ1n) is 8.33. The molecule has 0 spiro atoms. The van der Waals surface area contributed by atoms with Gasteiger partial charge in [0.1, 0.15) is 0 Å². The summed E-state index contributed by atoms with van der Waals surface area (Å²) in [7, 11) is 4.11. The van der Waals surface area contributed by atoms with Crippen molar-refractivity contribution in [2.45, 2.75) is 51.5 Å². The molecule has 2 rings (SSSR count). The summed E-state index contributed by atoms with van der Waals surface area (Å²) in [5.74, 6) is 2.61. The van der Waals surface area contributed by atoms with Crippen LogP contribution < -0.4 is 10.6 Å². The summed E-state index contributed by atoms with van der Waals surface area (Å²) in [6, 6.07) is 0.610. The van der Waals surface area contributed by atoms with Gasteiger partial charge >= 0.3 is 0 Å². The number of aliphatic imine (C=N–C) groups is 1. The fourth-order valence-corrected chi connectivity index (χ4v) is 3.63. The van der Waals surface area contributed by atoms with Crippen molar-refractivity contribution >= 4 is 29.9 Å². The second-order valence-electron chi connectivity index (χ2n) is 6.84. The van der Waals surface area contributed by atoms with Gasteiger partial charge in [-0.05, 0) is 51.1 Å². The van der Waals surface area contributed by atoms with Crippen molar-refractivity contribution in [3.05, 3.63) is 0 Å². The van der Waals surface area contributed by atoms with Crippen LogP contribution in [-0.2, 0) is 0 Å². The molecule has 2 fully saturated rings. The minimum Gasteiger partial charge on any atom is -0.356 e. The Balaban J connectivity index is 0.00000220. The van der Waals surface area contributed by atoms with Crippen LogP contribution in [0.5, 0.6) is 0 Å². The van der Waals surface area contributed by atoms with E-state index in [2.05, 4.69) is 34.5 Å². The summed E-state index contributed by atoms with van der Waals surface area (Å²) in [6.45, 7) is 5.88.